The topological polar surface area (TPSA) is 12.4 Å². The molecule has 0 aliphatic rings. The second kappa shape index (κ2) is 7.59. The van der Waals surface area contributed by atoms with Crippen LogP contribution < -0.4 is 0 Å². The molecule has 0 aromatic heterocycles. The van der Waals surface area contributed by atoms with Gasteiger partial charge in [0, 0.05) is 5.71 Å². The lowest BCUT2D eigenvalue weighted by Gasteiger charge is -2.10. The SMILES string of the molecule is C=C/C=C\C(=C/C)[C@H](C)N=C(C)c1ccc(C)c(F)c1. The van der Waals surface area contributed by atoms with E-state index in [1.807, 2.05) is 45.1 Å². The van der Waals surface area contributed by atoms with Crippen molar-refractivity contribution in [1.82, 2.24) is 0 Å². The molecule has 0 N–H and O–H groups in total. The number of benzene rings is 1. The van der Waals surface area contributed by atoms with Gasteiger partial charge in [0.15, 0.2) is 0 Å². The number of hydrogen-bond acceptors (Lipinski definition) is 1. The average molecular weight is 271 g/mol. The van der Waals surface area contributed by atoms with Crippen LogP contribution in [0.1, 0.15) is 31.9 Å². The number of hydrogen-bond donors (Lipinski definition) is 0. The smallest absolute Gasteiger partial charge is 0.126 e. The Morgan fingerprint density at radius 3 is 2.65 bits per heavy atom. The normalized spacial score (nSPS) is 14.7. The minimum Gasteiger partial charge on any atom is -0.282 e. The molecule has 1 nitrogen and oxygen atoms in total. The van der Waals surface area contributed by atoms with Gasteiger partial charge in [-0.3, -0.25) is 4.99 Å². The first-order valence-electron chi connectivity index (χ1n) is 6.75. The zero-order chi connectivity index (χ0) is 15.1. The molecule has 0 saturated heterocycles. The van der Waals surface area contributed by atoms with Crippen molar-refractivity contribution < 1.29 is 4.39 Å². The van der Waals surface area contributed by atoms with Crippen LogP contribution in [-0.2, 0) is 0 Å². The molecule has 1 aromatic rings. The van der Waals surface area contributed by atoms with Crippen LogP contribution in [-0.4, -0.2) is 11.8 Å². The summed E-state index contributed by atoms with van der Waals surface area (Å²) in [6.45, 7) is 11.3. The second-order valence-electron chi connectivity index (χ2n) is 4.74. The van der Waals surface area contributed by atoms with Gasteiger partial charge >= 0.3 is 0 Å². The Kier molecular flexibility index (Phi) is 6.10. The van der Waals surface area contributed by atoms with E-state index < -0.39 is 0 Å². The van der Waals surface area contributed by atoms with Gasteiger partial charge in [-0.1, -0.05) is 43.0 Å². The third-order valence-corrected chi connectivity index (χ3v) is 3.22. The van der Waals surface area contributed by atoms with Crippen LogP contribution in [0.3, 0.4) is 0 Å². The maximum Gasteiger partial charge on any atom is 0.126 e. The van der Waals surface area contributed by atoms with Gasteiger partial charge < -0.3 is 0 Å². The summed E-state index contributed by atoms with van der Waals surface area (Å²) in [5.41, 5.74) is 3.42. The standard InChI is InChI=1S/C18H22FN/c1-6-8-9-16(7-2)14(4)20-15(5)17-11-10-13(3)18(19)12-17/h6-12,14H,1H2,2-5H3/b9-8-,16-7+,20-15?/t14-/m0/s1. The molecule has 0 aliphatic heterocycles. The predicted octanol–water partition coefficient (Wildman–Crippen LogP) is 5.02. The Bertz CT molecular complexity index is 565. The van der Waals surface area contributed by atoms with Crippen molar-refractivity contribution in [2.24, 2.45) is 4.99 Å². The monoisotopic (exact) mass is 271 g/mol. The lowest BCUT2D eigenvalue weighted by atomic mass is 10.1. The first-order valence-corrected chi connectivity index (χ1v) is 6.75. The van der Waals surface area contributed by atoms with Crippen LogP contribution in [0.5, 0.6) is 0 Å². The average Bonchev–Trinajstić information content (AvgIpc) is 2.42. The Hall–Kier alpha value is -1.96. The number of aryl methyl sites for hydroxylation is 1. The number of rotatable bonds is 5. The molecule has 2 heteroatoms. The van der Waals surface area contributed by atoms with E-state index >= 15 is 0 Å². The minimum absolute atomic E-state index is 0.0283. The molecule has 20 heavy (non-hydrogen) atoms. The van der Waals surface area contributed by atoms with E-state index in [-0.39, 0.29) is 11.9 Å². The molecule has 0 fully saturated rings. The Labute approximate surface area is 121 Å². The molecular formula is C18H22FN. The molecule has 0 heterocycles. The molecule has 0 amide bonds. The summed E-state index contributed by atoms with van der Waals surface area (Å²) in [5.74, 6) is -0.192. The molecule has 0 bridgehead atoms. The first kappa shape index (κ1) is 16.1. The van der Waals surface area contributed by atoms with Gasteiger partial charge in [0.2, 0.25) is 0 Å². The van der Waals surface area contributed by atoms with Crippen LogP contribution in [0, 0.1) is 12.7 Å². The zero-order valence-corrected chi connectivity index (χ0v) is 12.7. The van der Waals surface area contributed by atoms with E-state index in [2.05, 4.69) is 11.6 Å². The number of aliphatic imine (C=N–C) groups is 1. The molecular weight excluding hydrogens is 249 g/mol. The largest absolute Gasteiger partial charge is 0.282 e. The van der Waals surface area contributed by atoms with Crippen molar-refractivity contribution in [3.05, 3.63) is 71.6 Å². The summed E-state index contributed by atoms with van der Waals surface area (Å²) < 4.78 is 13.6. The highest BCUT2D eigenvalue weighted by molar-refractivity contribution is 5.99. The lowest BCUT2D eigenvalue weighted by Crippen LogP contribution is -2.06. The van der Waals surface area contributed by atoms with Crippen molar-refractivity contribution in [2.75, 3.05) is 0 Å². The summed E-state index contributed by atoms with van der Waals surface area (Å²) in [5, 5.41) is 0. The minimum atomic E-state index is -0.192. The van der Waals surface area contributed by atoms with E-state index in [1.165, 1.54) is 6.07 Å². The summed E-state index contributed by atoms with van der Waals surface area (Å²) in [7, 11) is 0. The predicted molar refractivity (Wildman–Crippen MR) is 85.9 cm³/mol. The van der Waals surface area contributed by atoms with Crippen LogP contribution in [0.25, 0.3) is 0 Å². The Morgan fingerprint density at radius 2 is 2.10 bits per heavy atom. The fraction of sp³-hybridized carbons (Fsp3) is 0.278. The van der Waals surface area contributed by atoms with Gasteiger partial charge in [-0.15, -0.1) is 0 Å². The number of halogens is 1. The molecule has 0 unspecified atom stereocenters. The van der Waals surface area contributed by atoms with Crippen molar-refractivity contribution in [2.45, 2.75) is 33.7 Å². The van der Waals surface area contributed by atoms with Crippen LogP contribution in [0.2, 0.25) is 0 Å². The summed E-state index contributed by atoms with van der Waals surface area (Å²) >= 11 is 0. The summed E-state index contributed by atoms with van der Waals surface area (Å²) in [6, 6.07) is 5.25. The Morgan fingerprint density at radius 1 is 1.40 bits per heavy atom. The molecule has 1 rings (SSSR count). The quantitative estimate of drug-likeness (QED) is 0.526. The fourth-order valence-electron chi connectivity index (χ4n) is 1.91. The second-order valence-corrected chi connectivity index (χ2v) is 4.74. The highest BCUT2D eigenvalue weighted by Gasteiger charge is 2.06. The van der Waals surface area contributed by atoms with Gasteiger partial charge in [0.25, 0.3) is 0 Å². The molecule has 0 aliphatic carbocycles. The zero-order valence-electron chi connectivity index (χ0n) is 12.7. The van der Waals surface area contributed by atoms with Crippen molar-refractivity contribution >= 4 is 5.71 Å². The Balaban J connectivity index is 2.99. The van der Waals surface area contributed by atoms with Crippen LogP contribution >= 0.6 is 0 Å². The van der Waals surface area contributed by atoms with E-state index in [4.69, 9.17) is 0 Å². The van der Waals surface area contributed by atoms with Gasteiger partial charge in [-0.25, -0.2) is 4.39 Å². The van der Waals surface area contributed by atoms with Gasteiger partial charge in [-0.05, 0) is 50.5 Å². The highest BCUT2D eigenvalue weighted by atomic mass is 19.1. The molecule has 0 saturated carbocycles. The number of nitrogens with zero attached hydrogens (tertiary/aromatic N) is 1. The third-order valence-electron chi connectivity index (χ3n) is 3.22. The van der Waals surface area contributed by atoms with E-state index in [0.717, 1.165) is 16.8 Å². The first-order chi connectivity index (χ1) is 9.49. The van der Waals surface area contributed by atoms with Gasteiger partial charge in [-0.2, -0.15) is 0 Å². The van der Waals surface area contributed by atoms with Crippen LogP contribution in [0.4, 0.5) is 4.39 Å². The van der Waals surface area contributed by atoms with Crippen molar-refractivity contribution in [3.63, 3.8) is 0 Å². The summed E-state index contributed by atoms with van der Waals surface area (Å²) in [6.07, 6.45) is 7.64. The number of allylic oxidation sites excluding steroid dienone is 3. The maximum atomic E-state index is 13.6. The molecule has 1 atom stereocenters. The molecule has 0 spiro atoms. The maximum absolute atomic E-state index is 13.6. The van der Waals surface area contributed by atoms with Gasteiger partial charge in [0.1, 0.15) is 5.82 Å². The van der Waals surface area contributed by atoms with Crippen molar-refractivity contribution in [1.29, 1.82) is 0 Å². The van der Waals surface area contributed by atoms with E-state index in [1.54, 1.807) is 19.1 Å². The highest BCUT2D eigenvalue weighted by Crippen LogP contribution is 2.14. The molecule has 0 radical (unpaired) electrons. The van der Waals surface area contributed by atoms with E-state index in [9.17, 15) is 4.39 Å². The molecule has 1 aromatic carbocycles. The summed E-state index contributed by atoms with van der Waals surface area (Å²) in [4.78, 5) is 4.64. The van der Waals surface area contributed by atoms with Crippen molar-refractivity contribution in [3.8, 4) is 0 Å². The third kappa shape index (κ3) is 4.30. The van der Waals surface area contributed by atoms with E-state index in [0.29, 0.717) is 5.56 Å². The van der Waals surface area contributed by atoms with Gasteiger partial charge in [0.05, 0.1) is 6.04 Å². The molecule has 106 valence electrons. The van der Waals surface area contributed by atoms with Crippen LogP contribution in [0.15, 0.2) is 59.6 Å². The lowest BCUT2D eigenvalue weighted by molar-refractivity contribution is 0.618. The fourth-order valence-corrected chi connectivity index (χ4v) is 1.91.